The van der Waals surface area contributed by atoms with Crippen molar-refractivity contribution in [2.45, 2.75) is 39.3 Å². The van der Waals surface area contributed by atoms with Gasteiger partial charge in [0.05, 0.1) is 23.5 Å². The van der Waals surface area contributed by atoms with Gasteiger partial charge < -0.3 is 9.88 Å². The minimum atomic E-state index is -0.176. The minimum absolute atomic E-state index is 0.0125. The van der Waals surface area contributed by atoms with Gasteiger partial charge in [-0.2, -0.15) is 0 Å². The number of rotatable bonds is 7. The second-order valence-electron chi connectivity index (χ2n) is 7.74. The van der Waals surface area contributed by atoms with Crippen molar-refractivity contribution in [1.82, 2.24) is 14.9 Å². The summed E-state index contributed by atoms with van der Waals surface area (Å²) in [5.74, 6) is 0.906. The maximum atomic E-state index is 12.7. The van der Waals surface area contributed by atoms with Gasteiger partial charge in [0, 0.05) is 6.54 Å². The smallest absolute Gasteiger partial charge is 0.225 e. The van der Waals surface area contributed by atoms with Crippen LogP contribution in [-0.2, 0) is 24.2 Å². The molecule has 4 aromatic rings. The maximum Gasteiger partial charge on any atom is 0.225 e. The molecule has 0 fully saturated rings. The number of fused-ring (bicyclic) bond motifs is 1. The molecule has 0 saturated heterocycles. The number of para-hydroxylation sites is 2. The lowest BCUT2D eigenvalue weighted by Gasteiger charge is -2.17. The van der Waals surface area contributed by atoms with Crippen molar-refractivity contribution in [2.24, 2.45) is 0 Å². The lowest BCUT2D eigenvalue weighted by atomic mass is 10.1. The Labute approximate surface area is 177 Å². The van der Waals surface area contributed by atoms with E-state index in [4.69, 9.17) is 4.98 Å². The second kappa shape index (κ2) is 8.95. The Morgan fingerprint density at radius 1 is 0.967 bits per heavy atom. The van der Waals surface area contributed by atoms with E-state index in [1.165, 1.54) is 5.56 Å². The molecule has 1 N–H and O–H groups in total. The Morgan fingerprint density at radius 2 is 1.67 bits per heavy atom. The number of aromatic nitrogens is 2. The van der Waals surface area contributed by atoms with E-state index in [-0.39, 0.29) is 11.9 Å². The van der Waals surface area contributed by atoms with Crippen molar-refractivity contribution in [3.05, 3.63) is 101 Å². The summed E-state index contributed by atoms with van der Waals surface area (Å²) in [6, 6.07) is 26.5. The molecule has 4 heteroatoms. The van der Waals surface area contributed by atoms with E-state index in [9.17, 15) is 4.79 Å². The van der Waals surface area contributed by atoms with Crippen LogP contribution in [0.1, 0.15) is 35.5 Å². The van der Waals surface area contributed by atoms with Crippen molar-refractivity contribution >= 4 is 16.9 Å². The first-order valence-corrected chi connectivity index (χ1v) is 10.4. The molecule has 0 saturated carbocycles. The van der Waals surface area contributed by atoms with Crippen LogP contribution in [0, 0.1) is 6.92 Å². The van der Waals surface area contributed by atoms with Crippen LogP contribution in [0.4, 0.5) is 0 Å². The summed E-state index contributed by atoms with van der Waals surface area (Å²) in [5, 5.41) is 3.15. The van der Waals surface area contributed by atoms with Gasteiger partial charge >= 0.3 is 0 Å². The lowest BCUT2D eigenvalue weighted by molar-refractivity contribution is -0.121. The Hall–Kier alpha value is -3.40. The Bertz CT molecular complexity index is 1150. The van der Waals surface area contributed by atoms with Crippen molar-refractivity contribution in [1.29, 1.82) is 0 Å². The van der Waals surface area contributed by atoms with Crippen LogP contribution in [0.2, 0.25) is 0 Å². The highest BCUT2D eigenvalue weighted by atomic mass is 16.1. The van der Waals surface area contributed by atoms with Gasteiger partial charge in [-0.3, -0.25) is 4.79 Å². The molecule has 1 unspecified atom stereocenters. The SMILES string of the molecule is Cc1ccccc1CC(=O)NC(C)c1nc2ccccc2n1CCc1ccccc1. The monoisotopic (exact) mass is 397 g/mol. The van der Waals surface area contributed by atoms with E-state index < -0.39 is 0 Å². The number of nitrogens with zero attached hydrogens (tertiary/aromatic N) is 2. The quantitative estimate of drug-likeness (QED) is 0.477. The number of carbonyl (C=O) groups is 1. The summed E-state index contributed by atoms with van der Waals surface area (Å²) in [7, 11) is 0. The van der Waals surface area contributed by atoms with E-state index in [0.717, 1.165) is 41.0 Å². The van der Waals surface area contributed by atoms with Crippen molar-refractivity contribution < 1.29 is 4.79 Å². The molecule has 1 heterocycles. The molecule has 4 nitrogen and oxygen atoms in total. The number of hydrogen-bond donors (Lipinski definition) is 1. The molecular weight excluding hydrogens is 370 g/mol. The minimum Gasteiger partial charge on any atom is -0.346 e. The van der Waals surface area contributed by atoms with Crippen LogP contribution < -0.4 is 5.32 Å². The van der Waals surface area contributed by atoms with Crippen molar-refractivity contribution in [2.75, 3.05) is 0 Å². The van der Waals surface area contributed by atoms with Gasteiger partial charge in [0.25, 0.3) is 0 Å². The van der Waals surface area contributed by atoms with Crippen LogP contribution >= 0.6 is 0 Å². The summed E-state index contributed by atoms with van der Waals surface area (Å²) in [5.41, 5.74) is 5.54. The summed E-state index contributed by atoms with van der Waals surface area (Å²) in [6.45, 7) is 4.86. The van der Waals surface area contributed by atoms with Crippen molar-refractivity contribution in [3.63, 3.8) is 0 Å². The number of benzene rings is 3. The zero-order valence-electron chi connectivity index (χ0n) is 17.5. The van der Waals surface area contributed by atoms with Gasteiger partial charge in [-0.25, -0.2) is 4.98 Å². The van der Waals surface area contributed by atoms with Crippen LogP contribution in [0.3, 0.4) is 0 Å². The standard InChI is InChI=1S/C26H27N3O/c1-19-10-6-7-13-22(19)18-25(30)27-20(2)26-28-23-14-8-9-15-24(23)29(26)17-16-21-11-4-3-5-12-21/h3-15,20H,16-18H2,1-2H3,(H,27,30). The number of hydrogen-bond acceptors (Lipinski definition) is 2. The molecule has 0 spiro atoms. The number of amides is 1. The van der Waals surface area contributed by atoms with Gasteiger partial charge in [-0.15, -0.1) is 0 Å². The summed E-state index contributed by atoms with van der Waals surface area (Å²) in [4.78, 5) is 17.6. The molecule has 0 radical (unpaired) electrons. The van der Waals surface area contributed by atoms with Crippen LogP contribution in [-0.4, -0.2) is 15.5 Å². The van der Waals surface area contributed by atoms with E-state index in [1.54, 1.807) is 0 Å². The molecule has 1 atom stereocenters. The summed E-state index contributed by atoms with van der Waals surface area (Å²) >= 11 is 0. The third-order valence-electron chi connectivity index (χ3n) is 5.53. The highest BCUT2D eigenvalue weighted by Gasteiger charge is 2.18. The fourth-order valence-electron chi connectivity index (χ4n) is 3.88. The zero-order chi connectivity index (χ0) is 20.9. The first kappa shape index (κ1) is 19.9. The number of carbonyl (C=O) groups excluding carboxylic acids is 1. The Balaban J connectivity index is 1.54. The number of nitrogens with one attached hydrogen (secondary N) is 1. The normalized spacial score (nSPS) is 12.1. The third kappa shape index (κ3) is 4.43. The third-order valence-corrected chi connectivity index (χ3v) is 5.53. The predicted molar refractivity (Wildman–Crippen MR) is 121 cm³/mol. The van der Waals surface area contributed by atoms with Gasteiger partial charge in [0.15, 0.2) is 0 Å². The average Bonchev–Trinajstić information content (AvgIpc) is 3.13. The molecule has 152 valence electrons. The Morgan fingerprint density at radius 3 is 2.47 bits per heavy atom. The maximum absolute atomic E-state index is 12.7. The first-order valence-electron chi connectivity index (χ1n) is 10.4. The fourth-order valence-corrected chi connectivity index (χ4v) is 3.88. The van der Waals surface area contributed by atoms with Gasteiger partial charge in [-0.1, -0.05) is 66.7 Å². The molecule has 30 heavy (non-hydrogen) atoms. The predicted octanol–water partition coefficient (Wildman–Crippen LogP) is 5.01. The highest BCUT2D eigenvalue weighted by Crippen LogP contribution is 2.22. The summed E-state index contributed by atoms with van der Waals surface area (Å²) in [6.07, 6.45) is 1.29. The molecule has 0 bridgehead atoms. The summed E-state index contributed by atoms with van der Waals surface area (Å²) < 4.78 is 2.24. The van der Waals surface area contributed by atoms with E-state index in [1.807, 2.05) is 62.4 Å². The van der Waals surface area contributed by atoms with Gasteiger partial charge in [-0.05, 0) is 49.1 Å². The average molecular weight is 398 g/mol. The molecule has 0 aliphatic rings. The van der Waals surface area contributed by atoms with Crippen LogP contribution in [0.5, 0.6) is 0 Å². The molecule has 3 aromatic carbocycles. The second-order valence-corrected chi connectivity index (χ2v) is 7.74. The number of imidazole rings is 1. The molecule has 0 aliphatic heterocycles. The molecule has 0 aliphatic carbocycles. The van der Waals surface area contributed by atoms with Crippen molar-refractivity contribution in [3.8, 4) is 0 Å². The highest BCUT2D eigenvalue weighted by molar-refractivity contribution is 5.80. The van der Waals surface area contributed by atoms with Crippen LogP contribution in [0.25, 0.3) is 11.0 Å². The largest absolute Gasteiger partial charge is 0.346 e. The topological polar surface area (TPSA) is 46.9 Å². The molecule has 4 rings (SSSR count). The van der Waals surface area contributed by atoms with Gasteiger partial charge in [0.1, 0.15) is 5.82 Å². The first-order chi connectivity index (χ1) is 14.6. The number of aryl methyl sites for hydroxylation is 3. The molecular formula is C26H27N3O. The van der Waals surface area contributed by atoms with Crippen LogP contribution in [0.15, 0.2) is 78.9 Å². The Kier molecular flexibility index (Phi) is 5.94. The zero-order valence-corrected chi connectivity index (χ0v) is 17.5. The lowest BCUT2D eigenvalue weighted by Crippen LogP contribution is -2.30. The molecule has 1 aromatic heterocycles. The fraction of sp³-hybridized carbons (Fsp3) is 0.231. The van der Waals surface area contributed by atoms with E-state index >= 15 is 0 Å². The van der Waals surface area contributed by atoms with E-state index in [2.05, 4.69) is 40.2 Å². The van der Waals surface area contributed by atoms with E-state index in [0.29, 0.717) is 6.42 Å². The molecule has 1 amide bonds. The van der Waals surface area contributed by atoms with Gasteiger partial charge in [0.2, 0.25) is 5.91 Å².